The van der Waals surface area contributed by atoms with Gasteiger partial charge in [0, 0.05) is 0 Å². The molecule has 0 aliphatic carbocycles. The summed E-state index contributed by atoms with van der Waals surface area (Å²) in [6.07, 6.45) is 3.51. The first-order valence-corrected chi connectivity index (χ1v) is 4.17. The third-order valence-electron chi connectivity index (χ3n) is 1.76. The van der Waals surface area contributed by atoms with Crippen LogP contribution in [0.15, 0.2) is 30.3 Å². The van der Waals surface area contributed by atoms with E-state index in [0.29, 0.717) is 0 Å². The Morgan fingerprint density at radius 1 is 1.00 bits per heavy atom. The first-order chi connectivity index (χ1) is 5.43. The summed E-state index contributed by atoms with van der Waals surface area (Å²) in [4.78, 5) is 0. The Labute approximate surface area is 75.6 Å². The molecule has 1 heteroatoms. The van der Waals surface area contributed by atoms with Gasteiger partial charge in [0.25, 0.3) is 0 Å². The largest absolute Gasteiger partial charge is 0.330 e. The Hall–Kier alpha value is -0.820. The predicted molar refractivity (Wildman–Crippen MR) is 55.2 cm³/mol. The molecule has 0 fully saturated rings. The number of nitrogens with two attached hydrogens (primary N) is 1. The van der Waals surface area contributed by atoms with Gasteiger partial charge in [0.05, 0.1) is 0 Å². The average Bonchev–Trinajstić information content (AvgIpc) is 2.07. The summed E-state index contributed by atoms with van der Waals surface area (Å²) < 4.78 is 0. The molecule has 68 valence electrons. The van der Waals surface area contributed by atoms with Crippen molar-refractivity contribution in [2.75, 3.05) is 6.54 Å². The maximum absolute atomic E-state index is 5.39. The lowest BCUT2D eigenvalue weighted by atomic mass is 10.1. The Morgan fingerprint density at radius 2 is 1.67 bits per heavy atom. The molecule has 0 saturated heterocycles. The van der Waals surface area contributed by atoms with E-state index in [2.05, 4.69) is 24.3 Å². The molecular weight excluding hydrogens is 146 g/mol. The molecule has 0 saturated carbocycles. The third-order valence-corrected chi connectivity index (χ3v) is 1.76. The summed E-state index contributed by atoms with van der Waals surface area (Å²) in [6, 6.07) is 10.5. The van der Waals surface area contributed by atoms with Crippen LogP contribution in [0.1, 0.15) is 25.8 Å². The van der Waals surface area contributed by atoms with Crippen LogP contribution >= 0.6 is 0 Å². The van der Waals surface area contributed by atoms with E-state index >= 15 is 0 Å². The molecule has 1 rings (SSSR count). The number of hydrogen-bond acceptors (Lipinski definition) is 1. The molecule has 0 aliphatic heterocycles. The molecule has 0 aromatic heterocycles. The summed E-state index contributed by atoms with van der Waals surface area (Å²) in [7, 11) is 0. The minimum atomic E-state index is 0. The molecule has 2 N–H and O–H groups in total. The molecule has 1 aromatic carbocycles. The topological polar surface area (TPSA) is 26.0 Å². The van der Waals surface area contributed by atoms with E-state index in [-0.39, 0.29) is 7.43 Å². The van der Waals surface area contributed by atoms with Crippen molar-refractivity contribution in [2.24, 2.45) is 5.73 Å². The second-order valence-electron chi connectivity index (χ2n) is 2.73. The molecule has 1 aromatic rings. The second-order valence-corrected chi connectivity index (χ2v) is 2.73. The minimum Gasteiger partial charge on any atom is -0.330 e. The Morgan fingerprint density at radius 3 is 2.25 bits per heavy atom. The SMILES string of the molecule is C.NCCCCc1ccccc1. The number of benzene rings is 1. The molecule has 0 atom stereocenters. The first kappa shape index (κ1) is 11.2. The van der Waals surface area contributed by atoms with Gasteiger partial charge in [-0.25, -0.2) is 0 Å². The van der Waals surface area contributed by atoms with Crippen LogP contribution < -0.4 is 5.73 Å². The van der Waals surface area contributed by atoms with Crippen LogP contribution in [0.5, 0.6) is 0 Å². The number of aryl methyl sites for hydroxylation is 1. The van der Waals surface area contributed by atoms with Crippen LogP contribution in [0.4, 0.5) is 0 Å². The zero-order valence-corrected chi connectivity index (χ0v) is 6.79. The van der Waals surface area contributed by atoms with Crippen molar-refractivity contribution in [2.45, 2.75) is 26.7 Å². The summed E-state index contributed by atoms with van der Waals surface area (Å²) >= 11 is 0. The molecule has 0 amide bonds. The lowest BCUT2D eigenvalue weighted by molar-refractivity contribution is 0.745. The smallest absolute Gasteiger partial charge is 0.00772 e. The first-order valence-electron chi connectivity index (χ1n) is 4.17. The molecule has 0 spiro atoms. The lowest BCUT2D eigenvalue weighted by Gasteiger charge is -1.98. The summed E-state index contributed by atoms with van der Waals surface area (Å²) in [5.74, 6) is 0. The van der Waals surface area contributed by atoms with Crippen LogP contribution in [0.3, 0.4) is 0 Å². The number of rotatable bonds is 4. The van der Waals surface area contributed by atoms with Crippen molar-refractivity contribution in [1.29, 1.82) is 0 Å². The average molecular weight is 165 g/mol. The van der Waals surface area contributed by atoms with Crippen LogP contribution in [0, 0.1) is 0 Å². The van der Waals surface area contributed by atoms with Gasteiger partial charge in [0.15, 0.2) is 0 Å². The molecule has 0 heterocycles. The van der Waals surface area contributed by atoms with E-state index < -0.39 is 0 Å². The summed E-state index contributed by atoms with van der Waals surface area (Å²) in [6.45, 7) is 0.812. The van der Waals surface area contributed by atoms with E-state index in [1.54, 1.807) is 0 Å². The number of hydrogen-bond donors (Lipinski definition) is 1. The van der Waals surface area contributed by atoms with Gasteiger partial charge < -0.3 is 5.73 Å². The normalized spacial score (nSPS) is 9.08. The van der Waals surface area contributed by atoms with E-state index in [1.807, 2.05) is 6.07 Å². The highest BCUT2D eigenvalue weighted by atomic mass is 14.5. The second kappa shape index (κ2) is 6.86. The van der Waals surface area contributed by atoms with Crippen molar-refractivity contribution in [3.05, 3.63) is 35.9 Å². The Bertz CT molecular complexity index is 181. The lowest BCUT2D eigenvalue weighted by Crippen LogP contribution is -1.98. The highest BCUT2D eigenvalue weighted by molar-refractivity contribution is 5.14. The molecule has 0 bridgehead atoms. The van der Waals surface area contributed by atoms with Gasteiger partial charge in [-0.3, -0.25) is 0 Å². The maximum atomic E-state index is 5.39. The van der Waals surface area contributed by atoms with E-state index in [0.717, 1.165) is 19.4 Å². The van der Waals surface area contributed by atoms with Gasteiger partial charge in [0.1, 0.15) is 0 Å². The standard InChI is InChI=1S/C10H15N.CH4/c11-9-5-4-8-10-6-2-1-3-7-10;/h1-3,6-7H,4-5,8-9,11H2;1H4. The fraction of sp³-hybridized carbons (Fsp3) is 0.455. The molecule has 1 nitrogen and oxygen atoms in total. The molecule has 0 unspecified atom stereocenters. The van der Waals surface area contributed by atoms with Crippen molar-refractivity contribution in [3.8, 4) is 0 Å². The molecule has 12 heavy (non-hydrogen) atoms. The summed E-state index contributed by atoms with van der Waals surface area (Å²) in [5, 5.41) is 0. The van der Waals surface area contributed by atoms with Crippen LogP contribution in [0.25, 0.3) is 0 Å². The number of unbranched alkanes of at least 4 members (excludes halogenated alkanes) is 1. The van der Waals surface area contributed by atoms with Crippen LogP contribution in [-0.2, 0) is 6.42 Å². The zero-order chi connectivity index (χ0) is 7.94. The van der Waals surface area contributed by atoms with Crippen molar-refractivity contribution >= 4 is 0 Å². The predicted octanol–water partition coefficient (Wildman–Crippen LogP) is 2.60. The fourth-order valence-electron chi connectivity index (χ4n) is 1.12. The maximum Gasteiger partial charge on any atom is -0.00772 e. The molecule has 0 aliphatic rings. The summed E-state index contributed by atoms with van der Waals surface area (Å²) in [5.41, 5.74) is 6.81. The molecule has 0 radical (unpaired) electrons. The van der Waals surface area contributed by atoms with Crippen LogP contribution in [-0.4, -0.2) is 6.54 Å². The van der Waals surface area contributed by atoms with Gasteiger partial charge in [-0.05, 0) is 31.4 Å². The van der Waals surface area contributed by atoms with Gasteiger partial charge in [0.2, 0.25) is 0 Å². The van der Waals surface area contributed by atoms with Gasteiger partial charge in [-0.1, -0.05) is 37.8 Å². The zero-order valence-electron chi connectivity index (χ0n) is 6.79. The van der Waals surface area contributed by atoms with Gasteiger partial charge in [-0.2, -0.15) is 0 Å². The quantitative estimate of drug-likeness (QED) is 0.682. The van der Waals surface area contributed by atoms with E-state index in [9.17, 15) is 0 Å². The van der Waals surface area contributed by atoms with Crippen molar-refractivity contribution in [3.63, 3.8) is 0 Å². The van der Waals surface area contributed by atoms with E-state index in [1.165, 1.54) is 12.0 Å². The monoisotopic (exact) mass is 165 g/mol. The van der Waals surface area contributed by atoms with Gasteiger partial charge in [-0.15, -0.1) is 0 Å². The minimum absolute atomic E-state index is 0. The Kier molecular flexibility index (Phi) is 6.39. The fourth-order valence-corrected chi connectivity index (χ4v) is 1.12. The van der Waals surface area contributed by atoms with Crippen molar-refractivity contribution in [1.82, 2.24) is 0 Å². The van der Waals surface area contributed by atoms with E-state index in [4.69, 9.17) is 5.73 Å². The highest BCUT2D eigenvalue weighted by Crippen LogP contribution is 2.03. The van der Waals surface area contributed by atoms with Crippen molar-refractivity contribution < 1.29 is 0 Å². The Balaban J connectivity index is 0.00000121. The van der Waals surface area contributed by atoms with Crippen LogP contribution in [0.2, 0.25) is 0 Å². The highest BCUT2D eigenvalue weighted by Gasteiger charge is 1.89. The third kappa shape index (κ3) is 4.14. The van der Waals surface area contributed by atoms with Gasteiger partial charge >= 0.3 is 0 Å². The molecular formula is C11H19N.